The minimum absolute atomic E-state index is 0.00992. The van der Waals surface area contributed by atoms with E-state index >= 15 is 0 Å². The maximum atomic E-state index is 12.8. The van der Waals surface area contributed by atoms with Crippen LogP contribution in [0.4, 0.5) is 0 Å². The van der Waals surface area contributed by atoms with Gasteiger partial charge in [0.2, 0.25) is 0 Å². The maximum absolute atomic E-state index is 12.8. The Bertz CT molecular complexity index is 301. The molecule has 0 radical (unpaired) electrons. The zero-order chi connectivity index (χ0) is 14.7. The largest absolute Gasteiger partial charge is 0.476 e. The van der Waals surface area contributed by atoms with Crippen molar-refractivity contribution in [1.29, 1.82) is 0 Å². The average molecular weight is 292 g/mol. The van der Waals surface area contributed by atoms with Crippen LogP contribution in [0.25, 0.3) is 0 Å². The van der Waals surface area contributed by atoms with Crippen LogP contribution in [0.5, 0.6) is 0 Å². The van der Waals surface area contributed by atoms with Crippen LogP contribution >= 0.6 is 7.82 Å². The summed E-state index contributed by atoms with van der Waals surface area (Å²) in [7, 11) is -3.53. The van der Waals surface area contributed by atoms with Gasteiger partial charge in [-0.25, -0.2) is 4.57 Å². The Hall–Kier alpha value is 0.110. The van der Waals surface area contributed by atoms with Gasteiger partial charge in [-0.1, -0.05) is 19.3 Å². The second-order valence-corrected chi connectivity index (χ2v) is 8.69. The molecule has 0 unspecified atom stereocenters. The Morgan fingerprint density at radius 3 is 1.63 bits per heavy atom. The highest BCUT2D eigenvalue weighted by atomic mass is 31.2. The van der Waals surface area contributed by atoms with Crippen LogP contribution < -0.4 is 0 Å². The zero-order valence-corrected chi connectivity index (χ0v) is 14.1. The molecule has 0 atom stereocenters. The lowest BCUT2D eigenvalue weighted by Gasteiger charge is -2.34. The van der Waals surface area contributed by atoms with Gasteiger partial charge in [-0.3, -0.25) is 13.6 Å². The first-order chi connectivity index (χ1) is 8.49. The van der Waals surface area contributed by atoms with Crippen molar-refractivity contribution in [2.75, 3.05) is 0 Å². The van der Waals surface area contributed by atoms with Crippen LogP contribution in [-0.4, -0.2) is 17.3 Å². The molecule has 0 aromatic heterocycles. The second-order valence-electron chi connectivity index (χ2n) is 7.22. The van der Waals surface area contributed by atoms with E-state index in [1.807, 2.05) is 41.5 Å². The summed E-state index contributed by atoms with van der Waals surface area (Å²) in [5.74, 6) is 0. The number of hydrogen-bond donors (Lipinski definition) is 0. The summed E-state index contributed by atoms with van der Waals surface area (Å²) in [5.41, 5.74) is -1.12. The first kappa shape index (κ1) is 17.2. The molecule has 0 aromatic carbocycles. The molecule has 0 amide bonds. The van der Waals surface area contributed by atoms with Crippen LogP contribution in [0.15, 0.2) is 0 Å². The number of rotatable bonds is 4. The predicted octanol–water partition coefficient (Wildman–Crippen LogP) is 5.07. The summed E-state index contributed by atoms with van der Waals surface area (Å²) in [6.07, 6.45) is 5.33. The molecule has 4 nitrogen and oxygen atoms in total. The quantitative estimate of drug-likeness (QED) is 0.678. The van der Waals surface area contributed by atoms with E-state index in [9.17, 15) is 4.57 Å². The summed E-state index contributed by atoms with van der Waals surface area (Å²) in [4.78, 5) is 0. The molecule has 1 aliphatic carbocycles. The second kappa shape index (κ2) is 6.26. The fourth-order valence-corrected chi connectivity index (χ4v) is 4.13. The van der Waals surface area contributed by atoms with Gasteiger partial charge in [0.1, 0.15) is 0 Å². The first-order valence-corrected chi connectivity index (χ1v) is 8.65. The van der Waals surface area contributed by atoms with Gasteiger partial charge in [-0.2, -0.15) is 0 Å². The van der Waals surface area contributed by atoms with Crippen LogP contribution in [0.1, 0.15) is 73.6 Å². The van der Waals surface area contributed by atoms with Gasteiger partial charge in [-0.05, 0) is 54.4 Å². The molecular weight excluding hydrogens is 263 g/mol. The number of hydrogen-bond acceptors (Lipinski definition) is 4. The summed E-state index contributed by atoms with van der Waals surface area (Å²) in [6, 6.07) is 0. The molecule has 1 saturated carbocycles. The van der Waals surface area contributed by atoms with Gasteiger partial charge in [0, 0.05) is 0 Å². The van der Waals surface area contributed by atoms with Gasteiger partial charge < -0.3 is 0 Å². The summed E-state index contributed by atoms with van der Waals surface area (Å²) < 4.78 is 29.8. The highest BCUT2D eigenvalue weighted by Gasteiger charge is 2.39. The summed E-state index contributed by atoms with van der Waals surface area (Å²) >= 11 is 0. The van der Waals surface area contributed by atoms with Crippen molar-refractivity contribution in [3.63, 3.8) is 0 Å². The Balaban J connectivity index is 2.75. The van der Waals surface area contributed by atoms with Gasteiger partial charge in [-0.15, -0.1) is 0 Å². The molecule has 1 aliphatic rings. The molecule has 0 bridgehead atoms. The molecule has 0 spiro atoms. The zero-order valence-electron chi connectivity index (χ0n) is 13.2. The smallest absolute Gasteiger partial charge is 0.284 e. The third-order valence-corrected chi connectivity index (χ3v) is 4.70. The lowest BCUT2D eigenvalue weighted by atomic mass is 9.98. The molecular formula is C14H29O4P. The molecule has 0 saturated heterocycles. The van der Waals surface area contributed by atoms with Crippen LogP contribution in [0, 0.1) is 0 Å². The average Bonchev–Trinajstić information content (AvgIpc) is 2.11. The van der Waals surface area contributed by atoms with E-state index in [1.54, 1.807) is 0 Å². The third-order valence-electron chi connectivity index (χ3n) is 2.60. The Morgan fingerprint density at radius 2 is 1.26 bits per heavy atom. The third kappa shape index (κ3) is 7.45. The fourth-order valence-electron chi connectivity index (χ4n) is 2.09. The Labute approximate surface area is 117 Å². The van der Waals surface area contributed by atoms with E-state index in [0.717, 1.165) is 25.7 Å². The number of phosphoric ester groups is 1. The van der Waals surface area contributed by atoms with Crippen LogP contribution in [-0.2, 0) is 18.1 Å². The van der Waals surface area contributed by atoms with E-state index in [4.69, 9.17) is 13.6 Å². The van der Waals surface area contributed by atoms with Gasteiger partial charge >= 0.3 is 7.82 Å². The van der Waals surface area contributed by atoms with Crippen molar-refractivity contribution in [3.05, 3.63) is 0 Å². The molecule has 114 valence electrons. The molecule has 0 heterocycles. The number of phosphoric acid groups is 1. The van der Waals surface area contributed by atoms with Crippen molar-refractivity contribution in [2.45, 2.75) is 91.0 Å². The monoisotopic (exact) mass is 292 g/mol. The highest BCUT2D eigenvalue weighted by Crippen LogP contribution is 2.57. The molecule has 1 rings (SSSR count). The lowest BCUT2D eigenvalue weighted by Crippen LogP contribution is -2.27. The van der Waals surface area contributed by atoms with Crippen molar-refractivity contribution in [2.24, 2.45) is 0 Å². The van der Waals surface area contributed by atoms with E-state index in [2.05, 4.69) is 0 Å². The highest BCUT2D eigenvalue weighted by molar-refractivity contribution is 7.48. The first-order valence-electron chi connectivity index (χ1n) is 7.19. The maximum Gasteiger partial charge on any atom is 0.476 e. The van der Waals surface area contributed by atoms with Gasteiger partial charge in [0.15, 0.2) is 0 Å². The van der Waals surface area contributed by atoms with Crippen LogP contribution in [0.2, 0.25) is 0 Å². The standard InChI is InChI=1S/C14H29O4P/c1-13(2,3)17-19(15,18-14(4,5)6)16-12-10-8-7-9-11-12/h12H,7-11H2,1-6H3. The molecule has 0 N–H and O–H groups in total. The van der Waals surface area contributed by atoms with E-state index < -0.39 is 19.0 Å². The van der Waals surface area contributed by atoms with Gasteiger partial charge in [0.05, 0.1) is 17.3 Å². The molecule has 19 heavy (non-hydrogen) atoms. The van der Waals surface area contributed by atoms with E-state index in [-0.39, 0.29) is 6.10 Å². The lowest BCUT2D eigenvalue weighted by molar-refractivity contribution is -0.0163. The molecule has 5 heteroatoms. The topological polar surface area (TPSA) is 44.8 Å². The predicted molar refractivity (Wildman–Crippen MR) is 77.2 cm³/mol. The Morgan fingerprint density at radius 1 is 0.842 bits per heavy atom. The fraction of sp³-hybridized carbons (Fsp3) is 1.00. The van der Waals surface area contributed by atoms with Crippen molar-refractivity contribution in [1.82, 2.24) is 0 Å². The van der Waals surface area contributed by atoms with Crippen molar-refractivity contribution in [3.8, 4) is 0 Å². The molecule has 1 fully saturated rings. The SMILES string of the molecule is CC(C)(C)OP(=O)(OC1CCCCC1)OC(C)(C)C. The Kier molecular flexibility index (Phi) is 5.65. The molecule has 0 aromatic rings. The van der Waals surface area contributed by atoms with Crippen molar-refractivity contribution >= 4 is 7.82 Å². The van der Waals surface area contributed by atoms with Crippen LogP contribution in [0.3, 0.4) is 0 Å². The van der Waals surface area contributed by atoms with Gasteiger partial charge in [0.25, 0.3) is 0 Å². The van der Waals surface area contributed by atoms with Crippen molar-refractivity contribution < 1.29 is 18.1 Å². The normalized spacial score (nSPS) is 19.7. The van der Waals surface area contributed by atoms with E-state index in [0.29, 0.717) is 0 Å². The minimum atomic E-state index is -3.53. The van der Waals surface area contributed by atoms with E-state index in [1.165, 1.54) is 6.42 Å². The summed E-state index contributed by atoms with van der Waals surface area (Å²) in [6.45, 7) is 11.1. The minimum Gasteiger partial charge on any atom is -0.284 e. The summed E-state index contributed by atoms with van der Waals surface area (Å²) in [5, 5.41) is 0. The molecule has 0 aliphatic heterocycles.